The van der Waals surface area contributed by atoms with Crippen molar-refractivity contribution in [2.75, 3.05) is 27.2 Å². The van der Waals surface area contributed by atoms with Gasteiger partial charge in [-0.05, 0) is 45.6 Å². The van der Waals surface area contributed by atoms with E-state index >= 15 is 0 Å². The molecule has 1 aliphatic heterocycles. The Bertz CT molecular complexity index is 766. The van der Waals surface area contributed by atoms with Gasteiger partial charge in [0.25, 0.3) is 0 Å². The summed E-state index contributed by atoms with van der Waals surface area (Å²) in [4.78, 5) is 29.1. The predicted molar refractivity (Wildman–Crippen MR) is 106 cm³/mol. The van der Waals surface area contributed by atoms with Crippen LogP contribution in [0.3, 0.4) is 0 Å². The van der Waals surface area contributed by atoms with Crippen molar-refractivity contribution in [2.24, 2.45) is 0 Å². The molecular formula is C22H30N2O3. The maximum atomic E-state index is 12.9. The third kappa shape index (κ3) is 4.02. The number of hydrogen-bond acceptors (Lipinski definition) is 4. The van der Waals surface area contributed by atoms with Gasteiger partial charge in [0.2, 0.25) is 0 Å². The van der Waals surface area contributed by atoms with Crippen LogP contribution < -0.4 is 0 Å². The van der Waals surface area contributed by atoms with Crippen LogP contribution in [0.5, 0.6) is 0 Å². The zero-order valence-corrected chi connectivity index (χ0v) is 17.0. The fourth-order valence-corrected chi connectivity index (χ4v) is 4.16. The molecule has 1 fully saturated rings. The van der Waals surface area contributed by atoms with Crippen molar-refractivity contribution in [1.29, 1.82) is 0 Å². The van der Waals surface area contributed by atoms with Crippen LogP contribution in [-0.2, 0) is 10.2 Å². The van der Waals surface area contributed by atoms with Crippen molar-refractivity contribution < 1.29 is 14.3 Å². The Balaban J connectivity index is 1.87. The molecule has 1 aromatic rings. The van der Waals surface area contributed by atoms with Crippen molar-refractivity contribution in [1.82, 2.24) is 9.80 Å². The summed E-state index contributed by atoms with van der Waals surface area (Å²) in [5.74, 6) is 0.125. The van der Waals surface area contributed by atoms with E-state index in [0.29, 0.717) is 13.1 Å². The summed E-state index contributed by atoms with van der Waals surface area (Å²) >= 11 is 0. The number of likely N-dealkylation sites (tertiary alicyclic amines) is 1. The normalized spacial score (nSPS) is 20.6. The molecule has 1 heterocycles. The van der Waals surface area contributed by atoms with Crippen LogP contribution in [0.1, 0.15) is 56.0 Å². The molecule has 1 amide bonds. The van der Waals surface area contributed by atoms with Gasteiger partial charge >= 0.3 is 6.09 Å². The maximum absolute atomic E-state index is 12.9. The van der Waals surface area contributed by atoms with E-state index in [1.165, 1.54) is 0 Å². The average molecular weight is 370 g/mol. The zero-order valence-electron chi connectivity index (χ0n) is 17.0. The second kappa shape index (κ2) is 7.02. The van der Waals surface area contributed by atoms with Gasteiger partial charge in [-0.1, -0.05) is 24.3 Å². The van der Waals surface area contributed by atoms with Crippen LogP contribution in [-0.4, -0.2) is 54.5 Å². The second-order valence-corrected chi connectivity index (χ2v) is 8.92. The summed E-state index contributed by atoms with van der Waals surface area (Å²) in [7, 11) is 3.89. The second-order valence-electron chi connectivity index (χ2n) is 8.92. The molecule has 5 nitrogen and oxygen atoms in total. The number of rotatable bonds is 1. The first-order valence-corrected chi connectivity index (χ1v) is 9.61. The molecule has 0 saturated carbocycles. The maximum Gasteiger partial charge on any atom is 0.410 e. The number of amides is 1. The van der Waals surface area contributed by atoms with E-state index in [9.17, 15) is 9.59 Å². The lowest BCUT2D eigenvalue weighted by atomic mass is 9.63. The van der Waals surface area contributed by atoms with Gasteiger partial charge in [0.05, 0.1) is 0 Å². The molecule has 0 radical (unpaired) electrons. The van der Waals surface area contributed by atoms with Crippen molar-refractivity contribution in [3.05, 3.63) is 47.2 Å². The van der Waals surface area contributed by atoms with Crippen LogP contribution >= 0.6 is 0 Å². The molecule has 146 valence electrons. The number of piperidine rings is 1. The molecule has 2 aliphatic rings. The Hall–Kier alpha value is -2.30. The number of ketones is 1. The minimum absolute atomic E-state index is 0.0924. The number of ether oxygens (including phenoxy) is 1. The number of carbonyl (C=O) groups excluding carboxylic acids is 2. The van der Waals surface area contributed by atoms with Crippen molar-refractivity contribution in [2.45, 2.75) is 51.0 Å². The number of hydrogen-bond donors (Lipinski definition) is 0. The molecule has 1 aromatic carbocycles. The van der Waals surface area contributed by atoms with E-state index in [-0.39, 0.29) is 17.3 Å². The lowest BCUT2D eigenvalue weighted by Gasteiger charge is -2.45. The third-order valence-electron chi connectivity index (χ3n) is 5.35. The Labute approximate surface area is 162 Å². The Morgan fingerprint density at radius 1 is 1.19 bits per heavy atom. The van der Waals surface area contributed by atoms with Crippen LogP contribution in [0.4, 0.5) is 4.79 Å². The summed E-state index contributed by atoms with van der Waals surface area (Å²) in [5.41, 5.74) is 2.21. The highest BCUT2D eigenvalue weighted by Gasteiger charge is 2.44. The van der Waals surface area contributed by atoms with Gasteiger partial charge in [-0.3, -0.25) is 4.79 Å². The highest BCUT2D eigenvalue weighted by atomic mass is 16.6. The Kier molecular flexibility index (Phi) is 5.06. The van der Waals surface area contributed by atoms with E-state index in [1.807, 2.05) is 64.2 Å². The highest BCUT2D eigenvalue weighted by Crippen LogP contribution is 2.46. The topological polar surface area (TPSA) is 49.9 Å². The van der Waals surface area contributed by atoms with Crippen LogP contribution in [0, 0.1) is 0 Å². The Morgan fingerprint density at radius 2 is 1.81 bits per heavy atom. The number of fused-ring (bicyclic) bond motifs is 2. The highest BCUT2D eigenvalue weighted by molar-refractivity contribution is 6.11. The first kappa shape index (κ1) is 19.5. The SMILES string of the molecule is CN(C)/C=C1\CC2(CCN(C(=O)OC(C)(C)C)CC2)c2ccccc2C1=O. The fraction of sp³-hybridized carbons (Fsp3) is 0.545. The van der Waals surface area contributed by atoms with Gasteiger partial charge in [0.15, 0.2) is 5.78 Å². The van der Waals surface area contributed by atoms with Crippen LogP contribution in [0.15, 0.2) is 36.0 Å². The van der Waals surface area contributed by atoms with Gasteiger partial charge in [0.1, 0.15) is 5.60 Å². The summed E-state index contributed by atoms with van der Waals surface area (Å²) in [5, 5.41) is 0. The van der Waals surface area contributed by atoms with Crippen LogP contribution in [0.2, 0.25) is 0 Å². The van der Waals surface area contributed by atoms with Gasteiger partial charge in [-0.25, -0.2) is 4.79 Å². The summed E-state index contributed by atoms with van der Waals surface area (Å²) in [6.45, 7) is 6.95. The van der Waals surface area contributed by atoms with Crippen LogP contribution in [0.25, 0.3) is 0 Å². The number of nitrogens with zero attached hydrogens (tertiary/aromatic N) is 2. The molecule has 1 aliphatic carbocycles. The van der Waals surface area contributed by atoms with Crippen molar-refractivity contribution >= 4 is 11.9 Å². The molecule has 0 atom stereocenters. The standard InChI is InChI=1S/C22H30N2O3/c1-21(2,3)27-20(26)24-12-10-22(11-13-24)14-16(15-23(4)5)19(25)17-8-6-7-9-18(17)22/h6-9,15H,10-14H2,1-5H3/b16-15+. The molecule has 1 saturated heterocycles. The lowest BCUT2D eigenvalue weighted by Crippen LogP contribution is -2.48. The molecule has 0 unspecified atom stereocenters. The molecule has 5 heteroatoms. The van der Waals surface area contributed by atoms with Crippen molar-refractivity contribution in [3.63, 3.8) is 0 Å². The average Bonchev–Trinajstić information content (AvgIpc) is 2.58. The number of allylic oxidation sites excluding steroid dienone is 1. The first-order chi connectivity index (χ1) is 12.6. The minimum atomic E-state index is -0.488. The summed E-state index contributed by atoms with van der Waals surface area (Å²) in [6.07, 6.45) is 4.09. The quantitative estimate of drug-likeness (QED) is 0.702. The largest absolute Gasteiger partial charge is 0.444 e. The number of Topliss-reactive ketones (excluding diaryl/α,β-unsaturated/α-hetero) is 1. The number of carbonyl (C=O) groups is 2. The van der Waals surface area contributed by atoms with E-state index in [0.717, 1.165) is 36.0 Å². The molecule has 0 aromatic heterocycles. The van der Waals surface area contributed by atoms with E-state index in [2.05, 4.69) is 6.07 Å². The fourth-order valence-electron chi connectivity index (χ4n) is 4.16. The van der Waals surface area contributed by atoms with Gasteiger partial charge in [-0.2, -0.15) is 0 Å². The van der Waals surface area contributed by atoms with Gasteiger partial charge in [-0.15, -0.1) is 0 Å². The molecule has 1 spiro atoms. The lowest BCUT2D eigenvalue weighted by molar-refractivity contribution is 0.0160. The van der Waals surface area contributed by atoms with E-state index in [1.54, 1.807) is 4.90 Å². The minimum Gasteiger partial charge on any atom is -0.444 e. The molecule has 0 N–H and O–H groups in total. The summed E-state index contributed by atoms with van der Waals surface area (Å²) < 4.78 is 5.53. The molecule has 3 rings (SSSR count). The monoisotopic (exact) mass is 370 g/mol. The van der Waals surface area contributed by atoms with E-state index < -0.39 is 5.60 Å². The first-order valence-electron chi connectivity index (χ1n) is 9.61. The molecule has 27 heavy (non-hydrogen) atoms. The number of benzene rings is 1. The molecule has 0 bridgehead atoms. The smallest absolute Gasteiger partial charge is 0.410 e. The van der Waals surface area contributed by atoms with Crippen molar-refractivity contribution in [3.8, 4) is 0 Å². The summed E-state index contributed by atoms with van der Waals surface area (Å²) in [6, 6.07) is 7.96. The Morgan fingerprint density at radius 3 is 2.41 bits per heavy atom. The zero-order chi connectivity index (χ0) is 19.8. The molecular weight excluding hydrogens is 340 g/mol. The predicted octanol–water partition coefficient (Wildman–Crippen LogP) is 3.99. The van der Waals surface area contributed by atoms with Gasteiger partial charge in [0, 0.05) is 49.9 Å². The van der Waals surface area contributed by atoms with E-state index in [4.69, 9.17) is 4.74 Å². The van der Waals surface area contributed by atoms with Gasteiger partial charge < -0.3 is 14.5 Å². The third-order valence-corrected chi connectivity index (χ3v) is 5.35.